The molecule has 1 aromatic carbocycles. The standard InChI is InChI=1S/C22H31N3O5/c1-21(2,3)29-19(26)23-15-13-17(24-9-11-28-12-10-24)16-7-8-25(18(16)14-15)20(27)30-22(4,5)6/h7-8,13-14H,9-12H2,1-6H3,(H,23,26). The fourth-order valence-corrected chi connectivity index (χ4v) is 3.25. The molecule has 0 radical (unpaired) electrons. The normalized spacial score (nSPS) is 15.2. The number of aromatic nitrogens is 1. The van der Waals surface area contributed by atoms with Crippen molar-refractivity contribution in [2.75, 3.05) is 36.5 Å². The first-order valence-electron chi connectivity index (χ1n) is 10.1. The van der Waals surface area contributed by atoms with Gasteiger partial charge in [-0.2, -0.15) is 0 Å². The number of carbonyl (C=O) groups excluding carboxylic acids is 2. The zero-order chi connectivity index (χ0) is 22.1. The third-order valence-corrected chi connectivity index (χ3v) is 4.37. The Kier molecular flexibility index (Phi) is 5.99. The molecule has 1 saturated heterocycles. The summed E-state index contributed by atoms with van der Waals surface area (Å²) in [4.78, 5) is 27.3. The highest BCUT2D eigenvalue weighted by atomic mass is 16.6. The van der Waals surface area contributed by atoms with Gasteiger partial charge in [0.1, 0.15) is 11.2 Å². The van der Waals surface area contributed by atoms with Gasteiger partial charge in [-0.25, -0.2) is 9.59 Å². The predicted molar refractivity (Wildman–Crippen MR) is 116 cm³/mol. The molecule has 1 aliphatic rings. The van der Waals surface area contributed by atoms with Gasteiger partial charge in [-0.1, -0.05) is 0 Å². The van der Waals surface area contributed by atoms with Gasteiger partial charge in [-0.3, -0.25) is 9.88 Å². The quantitative estimate of drug-likeness (QED) is 0.769. The predicted octanol–water partition coefficient (Wildman–Crippen LogP) is 4.61. The number of carbonyl (C=O) groups is 2. The summed E-state index contributed by atoms with van der Waals surface area (Å²) in [7, 11) is 0. The summed E-state index contributed by atoms with van der Waals surface area (Å²) in [6.07, 6.45) is 0.671. The Hall–Kier alpha value is -2.74. The van der Waals surface area contributed by atoms with E-state index in [4.69, 9.17) is 14.2 Å². The minimum Gasteiger partial charge on any atom is -0.444 e. The molecule has 8 nitrogen and oxygen atoms in total. The van der Waals surface area contributed by atoms with Crippen molar-refractivity contribution < 1.29 is 23.8 Å². The largest absolute Gasteiger partial charge is 0.444 e. The van der Waals surface area contributed by atoms with E-state index in [1.807, 2.05) is 53.7 Å². The van der Waals surface area contributed by atoms with Crippen molar-refractivity contribution in [2.45, 2.75) is 52.7 Å². The number of rotatable bonds is 2. The fourth-order valence-electron chi connectivity index (χ4n) is 3.25. The molecule has 2 aromatic rings. The average Bonchev–Trinajstić information content (AvgIpc) is 3.02. The summed E-state index contributed by atoms with van der Waals surface area (Å²) in [5, 5.41) is 3.69. The van der Waals surface area contributed by atoms with E-state index in [0.717, 1.165) is 24.2 Å². The molecule has 0 atom stereocenters. The summed E-state index contributed by atoms with van der Waals surface area (Å²) >= 11 is 0. The van der Waals surface area contributed by atoms with Gasteiger partial charge in [0.15, 0.2) is 0 Å². The molecule has 2 heterocycles. The van der Waals surface area contributed by atoms with Crippen molar-refractivity contribution in [1.29, 1.82) is 0 Å². The zero-order valence-corrected chi connectivity index (χ0v) is 18.6. The van der Waals surface area contributed by atoms with Crippen LogP contribution >= 0.6 is 0 Å². The number of benzene rings is 1. The maximum Gasteiger partial charge on any atom is 0.418 e. The van der Waals surface area contributed by atoms with Crippen LogP contribution in [-0.2, 0) is 14.2 Å². The van der Waals surface area contributed by atoms with E-state index in [1.54, 1.807) is 12.3 Å². The molecule has 0 saturated carbocycles. The lowest BCUT2D eigenvalue weighted by Crippen LogP contribution is -2.36. The molecule has 30 heavy (non-hydrogen) atoms. The zero-order valence-electron chi connectivity index (χ0n) is 18.6. The van der Waals surface area contributed by atoms with Crippen LogP contribution in [0, 0.1) is 0 Å². The first-order chi connectivity index (χ1) is 13.9. The van der Waals surface area contributed by atoms with Crippen molar-refractivity contribution >= 4 is 34.5 Å². The van der Waals surface area contributed by atoms with Crippen molar-refractivity contribution in [1.82, 2.24) is 4.57 Å². The smallest absolute Gasteiger partial charge is 0.418 e. The Morgan fingerprint density at radius 3 is 2.23 bits per heavy atom. The lowest BCUT2D eigenvalue weighted by atomic mass is 10.1. The number of amides is 1. The van der Waals surface area contributed by atoms with Crippen LogP contribution in [0.2, 0.25) is 0 Å². The van der Waals surface area contributed by atoms with E-state index in [0.29, 0.717) is 24.4 Å². The average molecular weight is 418 g/mol. The topological polar surface area (TPSA) is 82.0 Å². The molecule has 1 amide bonds. The van der Waals surface area contributed by atoms with Gasteiger partial charge < -0.3 is 19.1 Å². The second-order valence-electron chi connectivity index (χ2n) is 9.32. The number of nitrogens with zero attached hydrogens (tertiary/aromatic N) is 2. The Morgan fingerprint density at radius 1 is 1.00 bits per heavy atom. The SMILES string of the molecule is CC(C)(C)OC(=O)Nc1cc(N2CCOCC2)c2ccn(C(=O)OC(C)(C)C)c2c1. The Morgan fingerprint density at radius 2 is 1.63 bits per heavy atom. The highest BCUT2D eigenvalue weighted by Crippen LogP contribution is 2.33. The van der Waals surface area contributed by atoms with E-state index < -0.39 is 23.4 Å². The van der Waals surface area contributed by atoms with Gasteiger partial charge >= 0.3 is 12.2 Å². The van der Waals surface area contributed by atoms with Gasteiger partial charge in [0.2, 0.25) is 0 Å². The van der Waals surface area contributed by atoms with E-state index in [1.165, 1.54) is 4.57 Å². The van der Waals surface area contributed by atoms with Crippen LogP contribution in [0.3, 0.4) is 0 Å². The number of anilines is 2. The number of hydrogen-bond donors (Lipinski definition) is 1. The molecule has 164 valence electrons. The third-order valence-electron chi connectivity index (χ3n) is 4.37. The van der Waals surface area contributed by atoms with Crippen molar-refractivity contribution in [3.63, 3.8) is 0 Å². The minimum absolute atomic E-state index is 0.472. The number of ether oxygens (including phenoxy) is 3. The molecule has 1 N–H and O–H groups in total. The highest BCUT2D eigenvalue weighted by molar-refractivity contribution is 6.01. The van der Waals surface area contributed by atoms with E-state index in [-0.39, 0.29) is 0 Å². The monoisotopic (exact) mass is 417 g/mol. The van der Waals surface area contributed by atoms with E-state index >= 15 is 0 Å². The summed E-state index contributed by atoms with van der Waals surface area (Å²) < 4.78 is 17.9. The fraction of sp³-hybridized carbons (Fsp3) is 0.545. The van der Waals surface area contributed by atoms with Crippen molar-refractivity contribution in [3.05, 3.63) is 24.4 Å². The second-order valence-corrected chi connectivity index (χ2v) is 9.32. The van der Waals surface area contributed by atoms with Gasteiger partial charge in [-0.15, -0.1) is 0 Å². The molecular formula is C22H31N3O5. The molecule has 1 aromatic heterocycles. The molecule has 0 unspecified atom stereocenters. The molecule has 0 bridgehead atoms. The summed E-state index contributed by atoms with van der Waals surface area (Å²) in [6, 6.07) is 5.55. The Balaban J connectivity index is 2.02. The van der Waals surface area contributed by atoms with Gasteiger partial charge in [0, 0.05) is 36.0 Å². The van der Waals surface area contributed by atoms with Crippen LogP contribution in [0.15, 0.2) is 24.4 Å². The first-order valence-corrected chi connectivity index (χ1v) is 10.1. The molecular weight excluding hydrogens is 386 g/mol. The van der Waals surface area contributed by atoms with Crippen LogP contribution < -0.4 is 10.2 Å². The van der Waals surface area contributed by atoms with Crippen molar-refractivity contribution in [3.8, 4) is 0 Å². The minimum atomic E-state index is -0.618. The molecule has 8 heteroatoms. The van der Waals surface area contributed by atoms with Crippen LogP contribution in [0.25, 0.3) is 10.9 Å². The molecule has 1 fully saturated rings. The summed E-state index contributed by atoms with van der Waals surface area (Å²) in [5.41, 5.74) is 0.885. The van der Waals surface area contributed by atoms with Gasteiger partial charge in [0.25, 0.3) is 0 Å². The summed E-state index contributed by atoms with van der Waals surface area (Å²) in [6.45, 7) is 13.6. The van der Waals surface area contributed by atoms with Crippen LogP contribution in [0.5, 0.6) is 0 Å². The first kappa shape index (κ1) is 22.0. The highest BCUT2D eigenvalue weighted by Gasteiger charge is 2.23. The Labute approximate surface area is 177 Å². The summed E-state index contributed by atoms with van der Waals surface area (Å²) in [5.74, 6) is 0. The Bertz CT molecular complexity index is 931. The van der Waals surface area contributed by atoms with Crippen LogP contribution in [0.4, 0.5) is 21.0 Å². The lowest BCUT2D eigenvalue weighted by Gasteiger charge is -2.30. The maximum atomic E-state index is 12.7. The van der Waals surface area contributed by atoms with Gasteiger partial charge in [0.05, 0.1) is 18.7 Å². The molecule has 0 spiro atoms. The molecule has 1 aliphatic heterocycles. The third kappa shape index (κ3) is 5.44. The molecule has 3 rings (SSSR count). The second kappa shape index (κ2) is 8.18. The van der Waals surface area contributed by atoms with E-state index in [9.17, 15) is 9.59 Å². The van der Waals surface area contributed by atoms with E-state index in [2.05, 4.69) is 10.2 Å². The molecule has 0 aliphatic carbocycles. The van der Waals surface area contributed by atoms with Crippen LogP contribution in [-0.4, -0.2) is 54.3 Å². The van der Waals surface area contributed by atoms with Crippen LogP contribution in [0.1, 0.15) is 41.5 Å². The number of hydrogen-bond acceptors (Lipinski definition) is 6. The number of fused-ring (bicyclic) bond motifs is 1. The lowest BCUT2D eigenvalue weighted by molar-refractivity contribution is 0.0543. The number of nitrogens with one attached hydrogen (secondary N) is 1. The van der Waals surface area contributed by atoms with Crippen molar-refractivity contribution in [2.24, 2.45) is 0 Å². The maximum absolute atomic E-state index is 12.7. The number of morpholine rings is 1. The van der Waals surface area contributed by atoms with Gasteiger partial charge in [-0.05, 0) is 59.7 Å².